The second kappa shape index (κ2) is 9.23. The molecule has 3 nitrogen and oxygen atoms in total. The van der Waals surface area contributed by atoms with E-state index < -0.39 is 0 Å². The van der Waals surface area contributed by atoms with E-state index >= 15 is 0 Å². The Morgan fingerprint density at radius 1 is 1.19 bits per heavy atom. The van der Waals surface area contributed by atoms with Gasteiger partial charge in [-0.25, -0.2) is 0 Å². The SMILES string of the molecule is CC1CCC(N(C)CCOCCN)CC1.Cl. The molecule has 0 unspecified atom stereocenters. The van der Waals surface area contributed by atoms with Gasteiger partial charge in [0.05, 0.1) is 13.2 Å². The summed E-state index contributed by atoms with van der Waals surface area (Å²) in [4.78, 5) is 2.45. The number of hydrogen-bond donors (Lipinski definition) is 1. The Morgan fingerprint density at radius 3 is 2.38 bits per heavy atom. The zero-order valence-electron chi connectivity index (χ0n) is 10.7. The van der Waals surface area contributed by atoms with Crippen LogP contribution < -0.4 is 5.73 Å². The maximum absolute atomic E-state index is 5.40. The highest BCUT2D eigenvalue weighted by atomic mass is 35.5. The molecule has 1 aliphatic carbocycles. The van der Waals surface area contributed by atoms with Gasteiger partial charge in [0.15, 0.2) is 0 Å². The molecule has 0 aromatic rings. The van der Waals surface area contributed by atoms with Crippen molar-refractivity contribution in [1.82, 2.24) is 4.90 Å². The summed E-state index contributed by atoms with van der Waals surface area (Å²) in [6, 6.07) is 0.780. The first-order chi connectivity index (χ1) is 7.24. The minimum absolute atomic E-state index is 0. The lowest BCUT2D eigenvalue weighted by Gasteiger charge is -2.33. The molecule has 1 rings (SSSR count). The van der Waals surface area contributed by atoms with E-state index in [0.29, 0.717) is 13.2 Å². The normalized spacial score (nSPS) is 25.5. The fourth-order valence-electron chi connectivity index (χ4n) is 2.26. The number of halogens is 1. The van der Waals surface area contributed by atoms with E-state index in [1.807, 2.05) is 0 Å². The lowest BCUT2D eigenvalue weighted by molar-refractivity contribution is 0.0898. The van der Waals surface area contributed by atoms with Gasteiger partial charge in [-0.3, -0.25) is 0 Å². The van der Waals surface area contributed by atoms with Gasteiger partial charge in [0.25, 0.3) is 0 Å². The van der Waals surface area contributed by atoms with E-state index in [-0.39, 0.29) is 12.4 Å². The maximum Gasteiger partial charge on any atom is 0.0594 e. The molecular formula is C12H27ClN2O. The third-order valence-electron chi connectivity index (χ3n) is 3.46. The number of nitrogens with two attached hydrogens (primary N) is 1. The van der Waals surface area contributed by atoms with Crippen LogP contribution in [0.4, 0.5) is 0 Å². The molecule has 1 aliphatic rings. The van der Waals surface area contributed by atoms with Crippen LogP contribution in [0.1, 0.15) is 32.6 Å². The third kappa shape index (κ3) is 6.04. The lowest BCUT2D eigenvalue weighted by Crippen LogP contribution is -2.37. The van der Waals surface area contributed by atoms with Crippen molar-refractivity contribution in [3.63, 3.8) is 0 Å². The largest absolute Gasteiger partial charge is 0.379 e. The summed E-state index contributed by atoms with van der Waals surface area (Å²) in [6.45, 7) is 5.54. The van der Waals surface area contributed by atoms with Crippen LogP contribution in [0, 0.1) is 5.92 Å². The molecule has 0 amide bonds. The van der Waals surface area contributed by atoms with Crippen molar-refractivity contribution in [1.29, 1.82) is 0 Å². The molecule has 98 valence electrons. The average molecular weight is 251 g/mol. The first-order valence-electron chi connectivity index (χ1n) is 6.22. The number of likely N-dealkylation sites (N-methyl/N-ethyl adjacent to an activating group) is 1. The van der Waals surface area contributed by atoms with Crippen LogP contribution in [0.15, 0.2) is 0 Å². The summed E-state index contributed by atoms with van der Waals surface area (Å²) in [5.74, 6) is 0.933. The average Bonchev–Trinajstić information content (AvgIpc) is 2.25. The molecule has 0 spiro atoms. The summed E-state index contributed by atoms with van der Waals surface area (Å²) in [6.07, 6.45) is 5.49. The Bertz CT molecular complexity index is 161. The quantitative estimate of drug-likeness (QED) is 0.732. The van der Waals surface area contributed by atoms with Crippen molar-refractivity contribution in [3.05, 3.63) is 0 Å². The molecule has 0 heterocycles. The van der Waals surface area contributed by atoms with Crippen LogP contribution in [0.5, 0.6) is 0 Å². The Labute approximate surface area is 106 Å². The molecule has 2 N–H and O–H groups in total. The standard InChI is InChI=1S/C12H26N2O.ClH/c1-11-3-5-12(6-4-11)14(2)8-10-15-9-7-13;/h11-12H,3-10,13H2,1-2H3;1H. The molecule has 0 aromatic heterocycles. The lowest BCUT2D eigenvalue weighted by atomic mass is 9.87. The highest BCUT2D eigenvalue weighted by Gasteiger charge is 2.21. The Hall–Kier alpha value is 0.170. The molecule has 0 atom stereocenters. The molecule has 1 fully saturated rings. The topological polar surface area (TPSA) is 38.5 Å². The monoisotopic (exact) mass is 250 g/mol. The maximum atomic E-state index is 5.40. The molecule has 16 heavy (non-hydrogen) atoms. The second-order valence-corrected chi connectivity index (χ2v) is 4.80. The van der Waals surface area contributed by atoms with Gasteiger partial charge in [-0.05, 0) is 38.6 Å². The second-order valence-electron chi connectivity index (χ2n) is 4.80. The van der Waals surface area contributed by atoms with Gasteiger partial charge in [0.1, 0.15) is 0 Å². The fraction of sp³-hybridized carbons (Fsp3) is 1.00. The van der Waals surface area contributed by atoms with E-state index in [0.717, 1.165) is 25.1 Å². The van der Waals surface area contributed by atoms with E-state index in [2.05, 4.69) is 18.9 Å². The van der Waals surface area contributed by atoms with Crippen molar-refractivity contribution < 1.29 is 4.74 Å². The molecule has 0 aromatic carbocycles. The summed E-state index contributed by atoms with van der Waals surface area (Å²) in [5, 5.41) is 0. The number of hydrogen-bond acceptors (Lipinski definition) is 3. The fourth-order valence-corrected chi connectivity index (χ4v) is 2.26. The van der Waals surface area contributed by atoms with E-state index in [1.165, 1.54) is 25.7 Å². The van der Waals surface area contributed by atoms with Crippen LogP contribution >= 0.6 is 12.4 Å². The van der Waals surface area contributed by atoms with Gasteiger partial charge >= 0.3 is 0 Å². The van der Waals surface area contributed by atoms with Gasteiger partial charge in [0, 0.05) is 19.1 Å². The van der Waals surface area contributed by atoms with Crippen molar-refractivity contribution in [2.45, 2.75) is 38.6 Å². The minimum atomic E-state index is 0. The zero-order valence-corrected chi connectivity index (χ0v) is 11.5. The van der Waals surface area contributed by atoms with Crippen LogP contribution in [-0.2, 0) is 4.74 Å². The Kier molecular flexibility index (Phi) is 9.32. The first-order valence-corrected chi connectivity index (χ1v) is 6.22. The van der Waals surface area contributed by atoms with Crippen molar-refractivity contribution in [3.8, 4) is 0 Å². The van der Waals surface area contributed by atoms with E-state index in [1.54, 1.807) is 0 Å². The van der Waals surface area contributed by atoms with Crippen molar-refractivity contribution in [2.75, 3.05) is 33.4 Å². The molecule has 0 radical (unpaired) electrons. The Balaban J connectivity index is 0.00000225. The molecule has 0 saturated heterocycles. The van der Waals surface area contributed by atoms with E-state index in [4.69, 9.17) is 10.5 Å². The highest BCUT2D eigenvalue weighted by Crippen LogP contribution is 2.26. The molecule has 0 aliphatic heterocycles. The zero-order chi connectivity index (χ0) is 11.1. The number of ether oxygens (including phenoxy) is 1. The molecule has 1 saturated carbocycles. The van der Waals surface area contributed by atoms with E-state index in [9.17, 15) is 0 Å². The van der Waals surface area contributed by atoms with Gasteiger partial charge in [0.2, 0.25) is 0 Å². The van der Waals surface area contributed by atoms with Crippen LogP contribution in [0.2, 0.25) is 0 Å². The Morgan fingerprint density at radius 2 is 1.81 bits per heavy atom. The minimum Gasteiger partial charge on any atom is -0.379 e. The number of rotatable bonds is 6. The van der Waals surface area contributed by atoms with Crippen LogP contribution in [0.3, 0.4) is 0 Å². The summed E-state index contributed by atoms with van der Waals surface area (Å²) in [5.41, 5.74) is 5.36. The number of nitrogens with zero attached hydrogens (tertiary/aromatic N) is 1. The van der Waals surface area contributed by atoms with Gasteiger partial charge < -0.3 is 15.4 Å². The predicted molar refractivity (Wildman–Crippen MR) is 71.2 cm³/mol. The van der Waals surface area contributed by atoms with Crippen LogP contribution in [0.25, 0.3) is 0 Å². The third-order valence-corrected chi connectivity index (χ3v) is 3.46. The van der Waals surface area contributed by atoms with Crippen molar-refractivity contribution >= 4 is 12.4 Å². The van der Waals surface area contributed by atoms with Gasteiger partial charge in [-0.1, -0.05) is 6.92 Å². The molecule has 0 bridgehead atoms. The van der Waals surface area contributed by atoms with Crippen molar-refractivity contribution in [2.24, 2.45) is 11.7 Å². The highest BCUT2D eigenvalue weighted by molar-refractivity contribution is 5.85. The summed E-state index contributed by atoms with van der Waals surface area (Å²) < 4.78 is 5.40. The summed E-state index contributed by atoms with van der Waals surface area (Å²) in [7, 11) is 2.21. The first kappa shape index (κ1) is 16.2. The molecular weight excluding hydrogens is 224 g/mol. The predicted octanol–water partition coefficient (Wildman–Crippen LogP) is 1.89. The molecule has 4 heteroatoms. The van der Waals surface area contributed by atoms with Crippen LogP contribution in [-0.4, -0.2) is 44.3 Å². The summed E-state index contributed by atoms with van der Waals surface area (Å²) >= 11 is 0. The van der Waals surface area contributed by atoms with Gasteiger partial charge in [-0.15, -0.1) is 12.4 Å². The smallest absolute Gasteiger partial charge is 0.0594 e. The van der Waals surface area contributed by atoms with Gasteiger partial charge in [-0.2, -0.15) is 0 Å².